The van der Waals surface area contributed by atoms with Crippen molar-refractivity contribution in [1.29, 1.82) is 0 Å². The van der Waals surface area contributed by atoms with Crippen LogP contribution >= 0.6 is 24.8 Å². The lowest BCUT2D eigenvalue weighted by atomic mass is 9.94. The second-order valence-corrected chi connectivity index (χ2v) is 6.98. The molecule has 1 heterocycles. The molecule has 2 rings (SSSR count). The minimum Gasteiger partial charge on any atom is -0.330 e. The number of halogens is 3. The molecule has 130 valence electrons. The standard InChI is InChI=1S/C13H17FN4O2S.2ClH/c1-13(2,8-15)9-18-7-12(16-17-18)10-3-5-11(6-4-10)21(14,19)20;;/h3-7H,8-9,15H2,1-2H3;2*1H. The average Bonchev–Trinajstić information content (AvgIpc) is 2.86. The molecule has 0 unspecified atom stereocenters. The zero-order valence-corrected chi connectivity index (χ0v) is 15.1. The average molecular weight is 385 g/mol. The van der Waals surface area contributed by atoms with Crippen LogP contribution in [-0.2, 0) is 16.8 Å². The summed E-state index contributed by atoms with van der Waals surface area (Å²) >= 11 is 0. The predicted octanol–water partition coefficient (Wildman–Crippen LogP) is 2.43. The molecule has 23 heavy (non-hydrogen) atoms. The number of benzene rings is 1. The van der Waals surface area contributed by atoms with Crippen LogP contribution in [0.4, 0.5) is 3.89 Å². The molecule has 2 aromatic rings. The minimum atomic E-state index is -4.68. The Labute approximate surface area is 147 Å². The summed E-state index contributed by atoms with van der Waals surface area (Å²) in [6.07, 6.45) is 1.75. The SMILES string of the molecule is CC(C)(CN)Cn1cc(-c2ccc(S(=O)(=O)F)cc2)nn1.Cl.Cl. The third-order valence-corrected chi connectivity index (χ3v) is 3.95. The quantitative estimate of drug-likeness (QED) is 0.799. The van der Waals surface area contributed by atoms with Crippen molar-refractivity contribution >= 4 is 35.0 Å². The molecular weight excluding hydrogens is 366 g/mol. The van der Waals surface area contributed by atoms with Crippen LogP contribution < -0.4 is 5.73 Å². The van der Waals surface area contributed by atoms with Crippen molar-refractivity contribution in [2.75, 3.05) is 6.54 Å². The lowest BCUT2D eigenvalue weighted by Gasteiger charge is -2.21. The monoisotopic (exact) mass is 384 g/mol. The van der Waals surface area contributed by atoms with E-state index in [-0.39, 0.29) is 35.1 Å². The van der Waals surface area contributed by atoms with Gasteiger partial charge in [-0.1, -0.05) is 31.2 Å². The largest absolute Gasteiger partial charge is 0.332 e. The molecule has 0 bridgehead atoms. The van der Waals surface area contributed by atoms with Crippen LogP contribution in [0, 0.1) is 5.41 Å². The lowest BCUT2D eigenvalue weighted by Crippen LogP contribution is -2.29. The molecule has 0 spiro atoms. The van der Waals surface area contributed by atoms with Gasteiger partial charge < -0.3 is 5.73 Å². The second-order valence-electron chi connectivity index (χ2n) is 5.63. The molecule has 10 heteroatoms. The third kappa shape index (κ3) is 5.72. The molecule has 0 atom stereocenters. The Kier molecular flexibility index (Phi) is 7.62. The summed E-state index contributed by atoms with van der Waals surface area (Å²) in [5.74, 6) is 0. The van der Waals surface area contributed by atoms with E-state index < -0.39 is 10.2 Å². The number of nitrogens with zero attached hydrogens (tertiary/aromatic N) is 3. The Balaban J connectivity index is 0.00000242. The molecule has 1 aromatic carbocycles. The van der Waals surface area contributed by atoms with Crippen LogP contribution in [-0.4, -0.2) is 30.0 Å². The molecule has 0 saturated heterocycles. The van der Waals surface area contributed by atoms with Crippen molar-refractivity contribution in [2.45, 2.75) is 25.3 Å². The van der Waals surface area contributed by atoms with Gasteiger partial charge in [-0.2, -0.15) is 8.42 Å². The molecule has 0 saturated carbocycles. The second kappa shape index (κ2) is 8.05. The van der Waals surface area contributed by atoms with Gasteiger partial charge in [0, 0.05) is 12.1 Å². The number of hydrogen-bond acceptors (Lipinski definition) is 5. The van der Waals surface area contributed by atoms with E-state index >= 15 is 0 Å². The van der Waals surface area contributed by atoms with Crippen LogP contribution in [0.1, 0.15) is 13.8 Å². The minimum absolute atomic E-state index is 0. The maximum atomic E-state index is 12.8. The van der Waals surface area contributed by atoms with E-state index in [0.29, 0.717) is 24.3 Å². The highest BCUT2D eigenvalue weighted by atomic mass is 35.5. The van der Waals surface area contributed by atoms with Crippen LogP contribution in [0.25, 0.3) is 11.3 Å². The summed E-state index contributed by atoms with van der Waals surface area (Å²) in [6.45, 7) is 5.18. The molecule has 0 aliphatic carbocycles. The molecular formula is C13H19Cl2FN4O2S. The van der Waals surface area contributed by atoms with Gasteiger partial charge in [0.2, 0.25) is 0 Å². The first-order chi connectivity index (χ1) is 9.71. The van der Waals surface area contributed by atoms with Gasteiger partial charge in [-0.05, 0) is 24.1 Å². The van der Waals surface area contributed by atoms with Crippen LogP contribution in [0.15, 0.2) is 35.4 Å². The summed E-state index contributed by atoms with van der Waals surface area (Å²) < 4.78 is 36.0. The summed E-state index contributed by atoms with van der Waals surface area (Å²) in [7, 11) is -4.68. The fraction of sp³-hybridized carbons (Fsp3) is 0.385. The van der Waals surface area contributed by atoms with Gasteiger partial charge >= 0.3 is 10.2 Å². The Hall–Kier alpha value is -1.22. The van der Waals surface area contributed by atoms with Crippen LogP contribution in [0.5, 0.6) is 0 Å². The van der Waals surface area contributed by atoms with Crippen molar-refractivity contribution in [2.24, 2.45) is 11.1 Å². The fourth-order valence-electron chi connectivity index (χ4n) is 1.80. The molecule has 2 N–H and O–H groups in total. The Morgan fingerprint density at radius 1 is 1.22 bits per heavy atom. The normalized spacial score (nSPS) is 11.5. The zero-order chi connectivity index (χ0) is 15.7. The van der Waals surface area contributed by atoms with Gasteiger partial charge in [-0.15, -0.1) is 33.8 Å². The zero-order valence-electron chi connectivity index (χ0n) is 12.6. The summed E-state index contributed by atoms with van der Waals surface area (Å²) in [5.41, 5.74) is 6.83. The number of aromatic nitrogens is 3. The molecule has 0 aliphatic heterocycles. The van der Waals surface area contributed by atoms with E-state index in [9.17, 15) is 12.3 Å². The lowest BCUT2D eigenvalue weighted by molar-refractivity contribution is 0.298. The van der Waals surface area contributed by atoms with Gasteiger partial charge in [0.15, 0.2) is 0 Å². The molecule has 6 nitrogen and oxygen atoms in total. The van der Waals surface area contributed by atoms with E-state index in [1.807, 2.05) is 13.8 Å². The smallest absolute Gasteiger partial charge is 0.330 e. The van der Waals surface area contributed by atoms with Crippen molar-refractivity contribution in [3.8, 4) is 11.3 Å². The van der Waals surface area contributed by atoms with Crippen LogP contribution in [0.2, 0.25) is 0 Å². The van der Waals surface area contributed by atoms with Gasteiger partial charge in [-0.3, -0.25) is 4.68 Å². The van der Waals surface area contributed by atoms with Crippen molar-refractivity contribution in [1.82, 2.24) is 15.0 Å². The number of nitrogens with two attached hydrogens (primary N) is 1. The van der Waals surface area contributed by atoms with Crippen molar-refractivity contribution in [3.63, 3.8) is 0 Å². The first-order valence-corrected chi connectivity index (χ1v) is 7.75. The van der Waals surface area contributed by atoms with E-state index in [0.717, 1.165) is 0 Å². The van der Waals surface area contributed by atoms with E-state index in [1.165, 1.54) is 24.3 Å². The maximum absolute atomic E-state index is 12.8. The Bertz CT molecular complexity index is 733. The molecule has 0 radical (unpaired) electrons. The molecule has 1 aromatic heterocycles. The Morgan fingerprint density at radius 3 is 2.26 bits per heavy atom. The third-order valence-electron chi connectivity index (χ3n) is 3.11. The molecule has 0 aliphatic rings. The summed E-state index contributed by atoms with van der Waals surface area (Å²) in [4.78, 5) is -0.372. The highest BCUT2D eigenvalue weighted by Crippen LogP contribution is 2.21. The van der Waals surface area contributed by atoms with Gasteiger partial charge in [0.05, 0.1) is 11.1 Å². The van der Waals surface area contributed by atoms with E-state index in [4.69, 9.17) is 5.73 Å². The van der Waals surface area contributed by atoms with E-state index in [1.54, 1.807) is 10.9 Å². The summed E-state index contributed by atoms with van der Waals surface area (Å²) in [6, 6.07) is 5.39. The topological polar surface area (TPSA) is 90.9 Å². The van der Waals surface area contributed by atoms with Gasteiger partial charge in [0.1, 0.15) is 5.69 Å². The highest BCUT2D eigenvalue weighted by molar-refractivity contribution is 7.86. The summed E-state index contributed by atoms with van der Waals surface area (Å²) in [5, 5.41) is 8.04. The maximum Gasteiger partial charge on any atom is 0.332 e. The van der Waals surface area contributed by atoms with Crippen LogP contribution in [0.3, 0.4) is 0 Å². The highest BCUT2D eigenvalue weighted by Gasteiger charge is 2.18. The molecule has 0 fully saturated rings. The predicted molar refractivity (Wildman–Crippen MR) is 91.1 cm³/mol. The van der Waals surface area contributed by atoms with E-state index in [2.05, 4.69) is 10.3 Å². The van der Waals surface area contributed by atoms with Crippen molar-refractivity contribution in [3.05, 3.63) is 30.5 Å². The first-order valence-electron chi connectivity index (χ1n) is 6.37. The first kappa shape index (κ1) is 21.8. The Morgan fingerprint density at radius 2 is 1.78 bits per heavy atom. The van der Waals surface area contributed by atoms with Gasteiger partial charge in [0.25, 0.3) is 0 Å². The number of hydrogen-bond donors (Lipinski definition) is 1. The van der Waals surface area contributed by atoms with Crippen molar-refractivity contribution < 1.29 is 12.3 Å². The van der Waals surface area contributed by atoms with Gasteiger partial charge in [-0.25, -0.2) is 0 Å². The number of rotatable bonds is 5. The molecule has 0 amide bonds. The fourth-order valence-corrected chi connectivity index (χ4v) is 2.26.